The monoisotopic (exact) mass is 408 g/mol. The Morgan fingerprint density at radius 1 is 1.11 bits per heavy atom. The molecule has 1 fully saturated rings. The van der Waals surface area contributed by atoms with Crippen LogP contribution in [0.15, 0.2) is 42.6 Å². The summed E-state index contributed by atoms with van der Waals surface area (Å²) < 4.78 is 38.3. The summed E-state index contributed by atoms with van der Waals surface area (Å²) in [4.78, 5) is 23.3. The van der Waals surface area contributed by atoms with Crippen LogP contribution in [0.25, 0.3) is 10.9 Å². The SMILES string of the molecule is O=C(c1cc2ccccc2[nH]1)N1CCN(c2ncc(C(F)(F)F)cc2Cl)CC1. The molecule has 28 heavy (non-hydrogen) atoms. The number of amides is 1. The Morgan fingerprint density at radius 2 is 1.82 bits per heavy atom. The molecule has 1 amide bonds. The number of anilines is 1. The minimum absolute atomic E-state index is 0.0507. The molecular weight excluding hydrogens is 393 g/mol. The number of carbonyl (C=O) groups is 1. The van der Waals surface area contributed by atoms with Gasteiger partial charge in [0.1, 0.15) is 11.5 Å². The van der Waals surface area contributed by atoms with Gasteiger partial charge in [-0.1, -0.05) is 29.8 Å². The molecule has 0 saturated carbocycles. The first-order valence-corrected chi connectivity index (χ1v) is 9.05. The number of fused-ring (bicyclic) bond motifs is 1. The summed E-state index contributed by atoms with van der Waals surface area (Å²) >= 11 is 6.02. The number of aromatic amines is 1. The van der Waals surface area contributed by atoms with Crippen molar-refractivity contribution in [3.8, 4) is 0 Å². The van der Waals surface area contributed by atoms with Gasteiger partial charge in [-0.25, -0.2) is 4.98 Å². The Hall–Kier alpha value is -2.74. The fraction of sp³-hybridized carbons (Fsp3) is 0.263. The lowest BCUT2D eigenvalue weighted by Crippen LogP contribution is -2.49. The van der Waals surface area contributed by atoms with Crippen LogP contribution >= 0.6 is 11.6 Å². The highest BCUT2D eigenvalue weighted by Crippen LogP contribution is 2.33. The van der Waals surface area contributed by atoms with Crippen LogP contribution in [0, 0.1) is 0 Å². The van der Waals surface area contributed by atoms with Gasteiger partial charge in [0.25, 0.3) is 5.91 Å². The van der Waals surface area contributed by atoms with Crippen LogP contribution in [-0.2, 0) is 6.18 Å². The Balaban J connectivity index is 1.45. The summed E-state index contributed by atoms with van der Waals surface area (Å²) in [5.74, 6) is 0.190. The number of halogens is 4. The first-order chi connectivity index (χ1) is 13.3. The van der Waals surface area contributed by atoms with Gasteiger partial charge in [0.05, 0.1) is 10.6 Å². The lowest BCUT2D eigenvalue weighted by Gasteiger charge is -2.35. The Morgan fingerprint density at radius 3 is 2.46 bits per heavy atom. The van der Waals surface area contributed by atoms with Gasteiger partial charge >= 0.3 is 6.18 Å². The number of piperazine rings is 1. The standard InChI is InChI=1S/C19H16ClF3N4O/c20-14-10-13(19(21,22)23)11-24-17(14)26-5-7-27(8-6-26)18(28)16-9-12-3-1-2-4-15(12)25-16/h1-4,9-11,25H,5-8H2. The van der Waals surface area contributed by atoms with E-state index in [1.54, 1.807) is 9.80 Å². The van der Waals surface area contributed by atoms with Gasteiger partial charge in [-0.2, -0.15) is 13.2 Å². The third-order valence-electron chi connectivity index (χ3n) is 4.78. The maximum atomic E-state index is 12.8. The molecule has 9 heteroatoms. The van der Waals surface area contributed by atoms with Crippen molar-refractivity contribution in [1.29, 1.82) is 0 Å². The molecule has 0 radical (unpaired) electrons. The molecule has 1 aliphatic heterocycles. The zero-order valence-corrected chi connectivity index (χ0v) is 15.4. The van der Waals surface area contributed by atoms with Gasteiger partial charge in [0.15, 0.2) is 0 Å². The van der Waals surface area contributed by atoms with Crippen LogP contribution in [-0.4, -0.2) is 47.0 Å². The van der Waals surface area contributed by atoms with E-state index in [1.165, 1.54) is 0 Å². The number of benzene rings is 1. The molecule has 0 aliphatic carbocycles. The summed E-state index contributed by atoms with van der Waals surface area (Å²) in [5, 5.41) is 0.912. The van der Waals surface area contributed by atoms with Gasteiger partial charge in [-0.15, -0.1) is 0 Å². The number of nitrogens with one attached hydrogen (secondary N) is 1. The number of pyridine rings is 1. The number of alkyl halides is 3. The van der Waals surface area contributed by atoms with Crippen LogP contribution in [0.2, 0.25) is 5.02 Å². The number of hydrogen-bond acceptors (Lipinski definition) is 3. The number of para-hydroxylation sites is 1. The number of carbonyl (C=O) groups excluding carboxylic acids is 1. The minimum Gasteiger partial charge on any atom is -0.352 e. The molecule has 2 aromatic heterocycles. The van der Waals surface area contributed by atoms with Crippen molar-refractivity contribution >= 4 is 34.2 Å². The van der Waals surface area contributed by atoms with E-state index < -0.39 is 11.7 Å². The maximum absolute atomic E-state index is 12.8. The normalized spacial score (nSPS) is 15.3. The smallest absolute Gasteiger partial charge is 0.352 e. The number of aromatic nitrogens is 2. The van der Waals surface area contributed by atoms with Crippen molar-refractivity contribution < 1.29 is 18.0 Å². The van der Waals surface area contributed by atoms with Crippen LogP contribution in [0.4, 0.5) is 19.0 Å². The van der Waals surface area contributed by atoms with Crippen molar-refractivity contribution in [2.24, 2.45) is 0 Å². The lowest BCUT2D eigenvalue weighted by atomic mass is 10.2. The van der Waals surface area contributed by atoms with E-state index in [0.29, 0.717) is 37.7 Å². The lowest BCUT2D eigenvalue weighted by molar-refractivity contribution is -0.137. The summed E-state index contributed by atoms with van der Waals surface area (Å²) in [6.07, 6.45) is -3.71. The van der Waals surface area contributed by atoms with Crippen LogP contribution < -0.4 is 4.90 Å². The minimum atomic E-state index is -4.49. The first kappa shape index (κ1) is 18.6. The van der Waals surface area contributed by atoms with E-state index in [-0.39, 0.29) is 10.9 Å². The van der Waals surface area contributed by atoms with E-state index in [9.17, 15) is 18.0 Å². The van der Waals surface area contributed by atoms with Gasteiger partial charge in [0, 0.05) is 43.3 Å². The third kappa shape index (κ3) is 3.52. The zero-order chi connectivity index (χ0) is 19.9. The average Bonchev–Trinajstić information content (AvgIpc) is 3.11. The number of H-pyrrole nitrogens is 1. The van der Waals surface area contributed by atoms with Gasteiger partial charge in [0.2, 0.25) is 0 Å². The molecule has 146 valence electrons. The summed E-state index contributed by atoms with van der Waals surface area (Å²) in [7, 11) is 0. The van der Waals surface area contributed by atoms with E-state index >= 15 is 0 Å². The molecule has 0 bridgehead atoms. The summed E-state index contributed by atoms with van der Waals surface area (Å²) in [5.41, 5.74) is 0.527. The third-order valence-corrected chi connectivity index (χ3v) is 5.05. The molecule has 3 aromatic rings. The summed E-state index contributed by atoms with van der Waals surface area (Å²) in [6.45, 7) is 1.72. The molecule has 1 saturated heterocycles. The van der Waals surface area contributed by atoms with Crippen LogP contribution in [0.5, 0.6) is 0 Å². The fourth-order valence-electron chi connectivity index (χ4n) is 3.30. The van der Waals surface area contributed by atoms with Crippen molar-refractivity contribution in [2.75, 3.05) is 31.1 Å². The molecule has 4 rings (SSSR count). The highest BCUT2D eigenvalue weighted by molar-refractivity contribution is 6.33. The van der Waals surface area contributed by atoms with Crippen LogP contribution in [0.1, 0.15) is 16.1 Å². The van der Waals surface area contributed by atoms with Gasteiger partial charge < -0.3 is 14.8 Å². The second-order valence-corrected chi connectivity index (χ2v) is 6.98. The number of hydrogen-bond donors (Lipinski definition) is 1. The predicted octanol–water partition coefficient (Wildman–Crippen LogP) is 4.20. The Bertz CT molecular complexity index is 992. The molecule has 1 N–H and O–H groups in total. The first-order valence-electron chi connectivity index (χ1n) is 8.67. The second kappa shape index (κ2) is 7.01. The van der Waals surface area contributed by atoms with E-state index in [2.05, 4.69) is 9.97 Å². The number of nitrogens with zero attached hydrogens (tertiary/aromatic N) is 3. The highest BCUT2D eigenvalue weighted by atomic mass is 35.5. The van der Waals surface area contributed by atoms with E-state index in [0.717, 1.165) is 23.2 Å². The molecule has 1 aliphatic rings. The van der Waals surface area contributed by atoms with E-state index in [1.807, 2.05) is 30.3 Å². The largest absolute Gasteiger partial charge is 0.417 e. The molecule has 0 unspecified atom stereocenters. The average molecular weight is 409 g/mol. The number of rotatable bonds is 2. The second-order valence-electron chi connectivity index (χ2n) is 6.58. The molecule has 5 nitrogen and oxygen atoms in total. The highest BCUT2D eigenvalue weighted by Gasteiger charge is 2.32. The molecule has 0 atom stereocenters. The Kier molecular flexibility index (Phi) is 4.66. The van der Waals surface area contributed by atoms with Crippen molar-refractivity contribution in [1.82, 2.24) is 14.9 Å². The van der Waals surface area contributed by atoms with Crippen molar-refractivity contribution in [3.63, 3.8) is 0 Å². The molecular formula is C19H16ClF3N4O. The van der Waals surface area contributed by atoms with Gasteiger partial charge in [-0.05, 0) is 18.2 Å². The van der Waals surface area contributed by atoms with Gasteiger partial charge in [-0.3, -0.25) is 4.79 Å². The molecule has 0 spiro atoms. The fourth-order valence-corrected chi connectivity index (χ4v) is 3.58. The zero-order valence-electron chi connectivity index (χ0n) is 14.6. The molecule has 1 aromatic carbocycles. The predicted molar refractivity (Wildman–Crippen MR) is 101 cm³/mol. The Labute approximate surface area is 163 Å². The van der Waals surface area contributed by atoms with Crippen LogP contribution in [0.3, 0.4) is 0 Å². The van der Waals surface area contributed by atoms with E-state index in [4.69, 9.17) is 11.6 Å². The topological polar surface area (TPSA) is 52.2 Å². The maximum Gasteiger partial charge on any atom is 0.417 e. The summed E-state index contributed by atoms with van der Waals surface area (Å²) in [6, 6.07) is 10.3. The van der Waals surface area contributed by atoms with Crippen molar-refractivity contribution in [2.45, 2.75) is 6.18 Å². The van der Waals surface area contributed by atoms with Crippen molar-refractivity contribution in [3.05, 3.63) is 58.9 Å². The molecule has 3 heterocycles. The quantitative estimate of drug-likeness (QED) is 0.691.